The molecule has 1 aromatic rings. The van der Waals surface area contributed by atoms with Crippen LogP contribution in [0, 0.1) is 0 Å². The molecule has 0 fully saturated rings. The van der Waals surface area contributed by atoms with E-state index in [4.69, 9.17) is 9.47 Å². The van der Waals surface area contributed by atoms with Crippen molar-refractivity contribution >= 4 is 5.97 Å². The molecule has 0 radical (unpaired) electrons. The van der Waals surface area contributed by atoms with Gasteiger partial charge in [-0.1, -0.05) is 20.8 Å². The molecule has 0 spiro atoms. The maximum atomic E-state index is 10.9. The van der Waals surface area contributed by atoms with Crippen LogP contribution in [0.25, 0.3) is 0 Å². The Labute approximate surface area is 96.4 Å². The summed E-state index contributed by atoms with van der Waals surface area (Å²) in [6.45, 7) is 7.67. The second-order valence-electron chi connectivity index (χ2n) is 4.74. The Kier molecular flexibility index (Phi) is 3.58. The van der Waals surface area contributed by atoms with E-state index in [0.29, 0.717) is 11.5 Å². The van der Waals surface area contributed by atoms with Crippen LogP contribution in [0.15, 0.2) is 18.2 Å². The zero-order chi connectivity index (χ0) is 12.3. The van der Waals surface area contributed by atoms with Crippen LogP contribution in [0.5, 0.6) is 11.5 Å². The van der Waals surface area contributed by atoms with E-state index < -0.39 is 0 Å². The average Bonchev–Trinajstić information content (AvgIpc) is 2.14. The highest BCUT2D eigenvalue weighted by Crippen LogP contribution is 2.30. The first-order valence-electron chi connectivity index (χ1n) is 5.21. The second-order valence-corrected chi connectivity index (χ2v) is 4.74. The normalized spacial score (nSPS) is 11.1. The van der Waals surface area contributed by atoms with Crippen LogP contribution >= 0.6 is 0 Å². The van der Waals surface area contributed by atoms with Gasteiger partial charge in [-0.05, 0) is 23.1 Å². The van der Waals surface area contributed by atoms with E-state index in [1.807, 2.05) is 12.1 Å². The lowest BCUT2D eigenvalue weighted by Gasteiger charge is -2.20. The van der Waals surface area contributed by atoms with E-state index in [-0.39, 0.29) is 11.4 Å². The summed E-state index contributed by atoms with van der Waals surface area (Å²) in [4.78, 5) is 10.9. The Morgan fingerprint density at radius 2 is 1.69 bits per heavy atom. The Morgan fingerprint density at radius 1 is 1.12 bits per heavy atom. The lowest BCUT2D eigenvalue weighted by molar-refractivity contribution is -0.131. The van der Waals surface area contributed by atoms with Gasteiger partial charge in [0.15, 0.2) is 0 Å². The second kappa shape index (κ2) is 4.56. The topological polar surface area (TPSA) is 35.5 Å². The van der Waals surface area contributed by atoms with Crippen LogP contribution in [0.1, 0.15) is 33.3 Å². The van der Waals surface area contributed by atoms with E-state index in [1.54, 1.807) is 13.2 Å². The third-order valence-corrected chi connectivity index (χ3v) is 2.24. The number of hydrogen-bond acceptors (Lipinski definition) is 3. The summed E-state index contributed by atoms with van der Waals surface area (Å²) in [5.74, 6) is 0.897. The van der Waals surface area contributed by atoms with Crippen LogP contribution in [-0.2, 0) is 10.2 Å². The molecule has 3 heteroatoms. The van der Waals surface area contributed by atoms with Crippen LogP contribution in [0.4, 0.5) is 0 Å². The van der Waals surface area contributed by atoms with Gasteiger partial charge in [0, 0.05) is 13.0 Å². The SMILES string of the molecule is COc1cc(OC(C)=O)cc(C(C)(C)C)c1. The van der Waals surface area contributed by atoms with E-state index in [0.717, 1.165) is 5.56 Å². The summed E-state index contributed by atoms with van der Waals surface area (Å²) < 4.78 is 10.3. The first kappa shape index (κ1) is 12.6. The van der Waals surface area contributed by atoms with Crippen molar-refractivity contribution in [3.05, 3.63) is 23.8 Å². The molecule has 88 valence electrons. The molecule has 3 nitrogen and oxygen atoms in total. The molecule has 0 amide bonds. The van der Waals surface area contributed by atoms with Gasteiger partial charge in [0.25, 0.3) is 0 Å². The van der Waals surface area contributed by atoms with Crippen LogP contribution in [0.3, 0.4) is 0 Å². The van der Waals surface area contributed by atoms with Crippen molar-refractivity contribution in [2.24, 2.45) is 0 Å². The van der Waals surface area contributed by atoms with Gasteiger partial charge in [0.1, 0.15) is 11.5 Å². The first-order chi connectivity index (χ1) is 7.32. The molecule has 0 N–H and O–H groups in total. The number of methoxy groups -OCH3 is 1. The van der Waals surface area contributed by atoms with Crippen LogP contribution < -0.4 is 9.47 Å². The maximum Gasteiger partial charge on any atom is 0.308 e. The van der Waals surface area contributed by atoms with E-state index in [2.05, 4.69) is 20.8 Å². The Morgan fingerprint density at radius 3 is 2.12 bits per heavy atom. The fourth-order valence-electron chi connectivity index (χ4n) is 1.35. The van der Waals surface area contributed by atoms with Gasteiger partial charge in [-0.3, -0.25) is 4.79 Å². The number of rotatable bonds is 2. The van der Waals surface area contributed by atoms with Crippen molar-refractivity contribution in [2.45, 2.75) is 33.1 Å². The van der Waals surface area contributed by atoms with Crippen LogP contribution in [-0.4, -0.2) is 13.1 Å². The number of hydrogen-bond donors (Lipinski definition) is 0. The van der Waals surface area contributed by atoms with Crippen LogP contribution in [0.2, 0.25) is 0 Å². The highest BCUT2D eigenvalue weighted by atomic mass is 16.5. The lowest BCUT2D eigenvalue weighted by Crippen LogP contribution is -2.12. The number of ether oxygens (including phenoxy) is 2. The molecular weight excluding hydrogens is 204 g/mol. The lowest BCUT2D eigenvalue weighted by atomic mass is 9.87. The van der Waals surface area contributed by atoms with Gasteiger partial charge < -0.3 is 9.47 Å². The predicted molar refractivity (Wildman–Crippen MR) is 63.0 cm³/mol. The molecule has 1 aromatic carbocycles. The van der Waals surface area contributed by atoms with Crippen molar-refractivity contribution in [1.29, 1.82) is 0 Å². The molecule has 0 heterocycles. The van der Waals surface area contributed by atoms with Gasteiger partial charge in [-0.2, -0.15) is 0 Å². The molecular formula is C13H18O3. The largest absolute Gasteiger partial charge is 0.497 e. The quantitative estimate of drug-likeness (QED) is 0.570. The molecule has 0 aliphatic rings. The third kappa shape index (κ3) is 3.26. The highest BCUT2D eigenvalue weighted by Gasteiger charge is 2.16. The molecule has 0 bridgehead atoms. The number of carbonyl (C=O) groups excluding carboxylic acids is 1. The maximum absolute atomic E-state index is 10.9. The van der Waals surface area contributed by atoms with Gasteiger partial charge in [-0.25, -0.2) is 0 Å². The third-order valence-electron chi connectivity index (χ3n) is 2.24. The van der Waals surface area contributed by atoms with Crippen molar-refractivity contribution in [3.63, 3.8) is 0 Å². The first-order valence-corrected chi connectivity index (χ1v) is 5.21. The van der Waals surface area contributed by atoms with Gasteiger partial charge in [0.2, 0.25) is 0 Å². The van der Waals surface area contributed by atoms with Gasteiger partial charge in [-0.15, -0.1) is 0 Å². The minimum absolute atomic E-state index is 0.0105. The number of esters is 1. The molecule has 0 aromatic heterocycles. The average molecular weight is 222 g/mol. The summed E-state index contributed by atoms with van der Waals surface area (Å²) in [5.41, 5.74) is 1.06. The smallest absolute Gasteiger partial charge is 0.308 e. The summed E-state index contributed by atoms with van der Waals surface area (Å²) in [6.07, 6.45) is 0. The molecule has 0 aliphatic carbocycles. The number of benzene rings is 1. The predicted octanol–water partition coefficient (Wildman–Crippen LogP) is 2.92. The molecule has 0 unspecified atom stereocenters. The zero-order valence-corrected chi connectivity index (χ0v) is 10.5. The molecule has 0 atom stereocenters. The summed E-state index contributed by atoms with van der Waals surface area (Å²) >= 11 is 0. The summed E-state index contributed by atoms with van der Waals surface area (Å²) in [6, 6.07) is 5.52. The molecule has 1 rings (SSSR count). The van der Waals surface area contributed by atoms with Crippen molar-refractivity contribution < 1.29 is 14.3 Å². The standard InChI is InChI=1S/C13H18O3/c1-9(14)16-12-7-10(13(2,3)4)6-11(8-12)15-5/h6-8H,1-5H3. The number of carbonyl (C=O) groups is 1. The van der Waals surface area contributed by atoms with Crippen molar-refractivity contribution in [1.82, 2.24) is 0 Å². The molecule has 0 saturated heterocycles. The summed E-state index contributed by atoms with van der Waals surface area (Å²) in [7, 11) is 1.60. The van der Waals surface area contributed by atoms with Gasteiger partial charge in [0.05, 0.1) is 7.11 Å². The highest BCUT2D eigenvalue weighted by molar-refractivity contribution is 5.69. The van der Waals surface area contributed by atoms with Crippen molar-refractivity contribution in [2.75, 3.05) is 7.11 Å². The summed E-state index contributed by atoms with van der Waals surface area (Å²) in [5, 5.41) is 0. The fourth-order valence-corrected chi connectivity index (χ4v) is 1.35. The zero-order valence-electron chi connectivity index (χ0n) is 10.5. The van der Waals surface area contributed by atoms with E-state index >= 15 is 0 Å². The fraction of sp³-hybridized carbons (Fsp3) is 0.462. The monoisotopic (exact) mass is 222 g/mol. The minimum Gasteiger partial charge on any atom is -0.497 e. The van der Waals surface area contributed by atoms with E-state index in [1.165, 1.54) is 6.92 Å². The minimum atomic E-state index is -0.326. The molecule has 0 aliphatic heterocycles. The Hall–Kier alpha value is -1.51. The molecule has 0 saturated carbocycles. The molecule has 16 heavy (non-hydrogen) atoms. The Bertz CT molecular complexity index is 389. The van der Waals surface area contributed by atoms with E-state index in [9.17, 15) is 4.79 Å². The Balaban J connectivity index is 3.16. The van der Waals surface area contributed by atoms with Crippen molar-refractivity contribution in [3.8, 4) is 11.5 Å². The van der Waals surface area contributed by atoms with Gasteiger partial charge >= 0.3 is 5.97 Å².